The van der Waals surface area contributed by atoms with Crippen LogP contribution in [0, 0.1) is 0 Å². The lowest BCUT2D eigenvalue weighted by molar-refractivity contribution is 0.660. The predicted molar refractivity (Wildman–Crippen MR) is 287 cm³/mol. The molecule has 2 nitrogen and oxygen atoms in total. The van der Waals surface area contributed by atoms with Gasteiger partial charge in [0.2, 0.25) is 0 Å². The molecule has 0 saturated heterocycles. The van der Waals surface area contributed by atoms with E-state index < -0.39 is 0 Å². The van der Waals surface area contributed by atoms with Gasteiger partial charge in [0.1, 0.15) is 0 Å². The lowest BCUT2D eigenvalue weighted by atomic mass is 9.80. The Bertz CT molecular complexity index is 3680. The van der Waals surface area contributed by atoms with E-state index in [0.717, 1.165) is 40.5 Å². The zero-order chi connectivity index (χ0) is 45.3. The fourth-order valence-corrected chi connectivity index (χ4v) is 11.4. The van der Waals surface area contributed by atoms with E-state index in [1.54, 1.807) is 0 Å². The molecule has 0 unspecified atom stereocenters. The number of anilines is 6. The molecule has 11 aromatic rings. The Balaban J connectivity index is 0.862. The Morgan fingerprint density at radius 2 is 0.853 bits per heavy atom. The van der Waals surface area contributed by atoms with Gasteiger partial charge < -0.3 is 9.80 Å². The highest BCUT2D eigenvalue weighted by atomic mass is 15.1. The molecule has 0 atom stereocenters. The van der Waals surface area contributed by atoms with Gasteiger partial charge in [-0.3, -0.25) is 0 Å². The van der Waals surface area contributed by atoms with Crippen molar-refractivity contribution in [1.82, 2.24) is 0 Å². The van der Waals surface area contributed by atoms with Crippen LogP contribution in [0.3, 0.4) is 0 Å². The van der Waals surface area contributed by atoms with Gasteiger partial charge in [0.15, 0.2) is 0 Å². The fourth-order valence-electron chi connectivity index (χ4n) is 11.4. The van der Waals surface area contributed by atoms with E-state index in [1.165, 1.54) is 88.3 Å². The lowest BCUT2D eigenvalue weighted by Gasteiger charge is -2.27. The average molecular weight is 869 g/mol. The Morgan fingerprint density at radius 1 is 0.309 bits per heavy atom. The predicted octanol–water partition coefficient (Wildman–Crippen LogP) is 18.1. The number of para-hydroxylation sites is 3. The second kappa shape index (κ2) is 15.9. The molecular weight excluding hydrogens is 821 g/mol. The summed E-state index contributed by atoms with van der Waals surface area (Å²) in [7, 11) is 0. The van der Waals surface area contributed by atoms with Crippen LogP contribution in [0.5, 0.6) is 0 Å². The van der Waals surface area contributed by atoms with Crippen molar-refractivity contribution in [3.8, 4) is 44.5 Å². The Hall–Kier alpha value is -8.46. The zero-order valence-electron chi connectivity index (χ0n) is 38.2. The number of rotatable bonds is 8. The topological polar surface area (TPSA) is 6.48 Å². The first-order valence-corrected chi connectivity index (χ1v) is 23.8. The molecule has 2 aliphatic rings. The van der Waals surface area contributed by atoms with E-state index in [4.69, 9.17) is 0 Å². The Kier molecular flexibility index (Phi) is 9.30. The van der Waals surface area contributed by atoms with E-state index >= 15 is 0 Å². The van der Waals surface area contributed by atoms with Crippen molar-refractivity contribution in [2.24, 2.45) is 0 Å². The van der Waals surface area contributed by atoms with E-state index in [0.29, 0.717) is 0 Å². The van der Waals surface area contributed by atoms with Crippen molar-refractivity contribution in [2.45, 2.75) is 25.7 Å². The van der Waals surface area contributed by atoms with Gasteiger partial charge in [-0.2, -0.15) is 0 Å². The number of nitrogens with zero attached hydrogens (tertiary/aromatic N) is 2. The molecule has 13 rings (SSSR count). The van der Waals surface area contributed by atoms with Crippen LogP contribution >= 0.6 is 0 Å². The third kappa shape index (κ3) is 6.48. The molecule has 0 radical (unpaired) electrons. The molecule has 68 heavy (non-hydrogen) atoms. The van der Waals surface area contributed by atoms with Crippen molar-refractivity contribution in [3.05, 3.63) is 265 Å². The molecule has 0 N–H and O–H groups in total. The van der Waals surface area contributed by atoms with Crippen molar-refractivity contribution < 1.29 is 0 Å². The fraction of sp³-hybridized carbons (Fsp3) is 0.0606. The summed E-state index contributed by atoms with van der Waals surface area (Å²) in [6, 6.07) is 89.4. The van der Waals surface area contributed by atoms with Crippen LogP contribution in [-0.2, 0) is 11.8 Å². The second-order valence-corrected chi connectivity index (χ2v) is 18.9. The monoisotopic (exact) mass is 868 g/mol. The van der Waals surface area contributed by atoms with E-state index in [1.807, 2.05) is 0 Å². The highest BCUT2D eigenvalue weighted by molar-refractivity contribution is 6.10. The second-order valence-electron chi connectivity index (χ2n) is 18.9. The smallest absolute Gasteiger partial charge is 0.0468 e. The minimum absolute atomic E-state index is 0.0372. The molecule has 0 amide bonds. The molecular formula is C66H48N2. The minimum atomic E-state index is -0.0372. The van der Waals surface area contributed by atoms with E-state index in [2.05, 4.69) is 266 Å². The third-order valence-electron chi connectivity index (χ3n) is 14.6. The molecule has 11 aromatic carbocycles. The average Bonchev–Trinajstić information content (AvgIpc) is 3.62. The third-order valence-corrected chi connectivity index (χ3v) is 14.6. The van der Waals surface area contributed by atoms with Crippen LogP contribution in [-0.4, -0.2) is 0 Å². The maximum absolute atomic E-state index is 2.46. The summed E-state index contributed by atoms with van der Waals surface area (Å²) >= 11 is 0. The van der Waals surface area contributed by atoms with Crippen molar-refractivity contribution in [2.75, 3.05) is 9.80 Å². The zero-order valence-corrected chi connectivity index (χ0v) is 38.2. The van der Waals surface area contributed by atoms with Gasteiger partial charge in [0.25, 0.3) is 0 Å². The minimum Gasteiger partial charge on any atom is -0.310 e. The van der Waals surface area contributed by atoms with Gasteiger partial charge in [-0.15, -0.1) is 0 Å². The summed E-state index contributed by atoms with van der Waals surface area (Å²) in [6.45, 7) is 4.69. The van der Waals surface area contributed by atoms with Crippen LogP contribution in [0.4, 0.5) is 34.1 Å². The largest absolute Gasteiger partial charge is 0.310 e. The summed E-state index contributed by atoms with van der Waals surface area (Å²) in [5.41, 5.74) is 22.5. The summed E-state index contributed by atoms with van der Waals surface area (Å²) in [6.07, 6.45) is 0.886. The molecule has 2 heteroatoms. The molecule has 0 aliphatic heterocycles. The molecule has 0 bridgehead atoms. The first-order valence-electron chi connectivity index (χ1n) is 23.8. The first kappa shape index (κ1) is 39.9. The molecule has 0 fully saturated rings. The molecule has 0 spiro atoms. The van der Waals surface area contributed by atoms with Gasteiger partial charge in [-0.05, 0) is 180 Å². The number of hydrogen-bond donors (Lipinski definition) is 0. The molecule has 2 aliphatic carbocycles. The van der Waals surface area contributed by atoms with Crippen LogP contribution in [0.25, 0.3) is 66.1 Å². The number of fused-ring (bicyclic) bond motifs is 6. The Labute approximate surface area is 398 Å². The molecule has 0 aromatic heterocycles. The first-order chi connectivity index (χ1) is 33.5. The van der Waals surface area contributed by atoms with Crippen LogP contribution in [0.15, 0.2) is 243 Å². The van der Waals surface area contributed by atoms with Gasteiger partial charge in [0.05, 0.1) is 0 Å². The Morgan fingerprint density at radius 3 is 1.57 bits per heavy atom. The summed E-state index contributed by atoms with van der Waals surface area (Å²) < 4.78 is 0. The van der Waals surface area contributed by atoms with E-state index in [-0.39, 0.29) is 5.41 Å². The van der Waals surface area contributed by atoms with Crippen molar-refractivity contribution >= 4 is 55.7 Å². The summed E-state index contributed by atoms with van der Waals surface area (Å²) in [5.74, 6) is 0. The van der Waals surface area contributed by atoms with Gasteiger partial charge in [-0.25, -0.2) is 0 Å². The standard InChI is InChI=1S/C66H48N2/c1-66(2)63-30-13-12-26-57(63)62-43-54(36-38-64(62)66)68(51-23-10-5-11-24-51)52-34-31-44(32-35-52)56-37-33-47-39-48-42-60-46(41-61(48)59-29-16-28-58(56)65(47)59)18-15-27-55(60)45-17-14-25-53(40-45)67(49-19-6-3-7-20-49)50-21-8-4-9-22-50/h3-38,40-43H,39H2,1-2H3. The number of hydrogen-bond acceptors (Lipinski definition) is 2. The molecule has 0 saturated carbocycles. The van der Waals surface area contributed by atoms with E-state index in [9.17, 15) is 0 Å². The van der Waals surface area contributed by atoms with Crippen molar-refractivity contribution in [1.29, 1.82) is 0 Å². The van der Waals surface area contributed by atoms with Crippen LogP contribution in [0.2, 0.25) is 0 Å². The van der Waals surface area contributed by atoms with Gasteiger partial charge >= 0.3 is 0 Å². The van der Waals surface area contributed by atoms with Crippen molar-refractivity contribution in [3.63, 3.8) is 0 Å². The highest BCUT2D eigenvalue weighted by Crippen LogP contribution is 2.51. The molecule has 0 heterocycles. The summed E-state index contributed by atoms with van der Waals surface area (Å²) in [5, 5.41) is 5.19. The normalized spacial score (nSPS) is 12.9. The lowest BCUT2D eigenvalue weighted by Crippen LogP contribution is -2.15. The maximum atomic E-state index is 2.46. The molecule has 322 valence electrons. The van der Waals surface area contributed by atoms with Gasteiger partial charge in [-0.1, -0.05) is 172 Å². The SMILES string of the molecule is CC1(C)c2ccccc2-c2cc(N(c3ccccc3)c3ccc(-c4ccc5c6c(cccc46)-c4cc6cccc(-c7cccc(N(c8ccccc8)c8ccccc8)c7)c6cc4C5)cc3)ccc21. The quantitative estimate of drug-likeness (QED) is 0.150. The number of benzene rings is 11. The maximum Gasteiger partial charge on any atom is 0.0468 e. The van der Waals surface area contributed by atoms with Crippen LogP contribution < -0.4 is 9.80 Å². The van der Waals surface area contributed by atoms with Gasteiger partial charge in [0, 0.05) is 39.5 Å². The highest BCUT2D eigenvalue weighted by Gasteiger charge is 2.35. The summed E-state index contributed by atoms with van der Waals surface area (Å²) in [4.78, 5) is 4.73. The van der Waals surface area contributed by atoms with Crippen LogP contribution in [0.1, 0.15) is 36.1 Å².